The number of aryl methyl sites for hydroxylation is 2. The highest BCUT2D eigenvalue weighted by Gasteiger charge is 2.24. The Hall–Kier alpha value is -2.41. The maximum Gasteiger partial charge on any atom is 0.242 e. The third kappa shape index (κ3) is 4.60. The van der Waals surface area contributed by atoms with E-state index in [9.17, 15) is 4.79 Å². The highest BCUT2D eigenvalue weighted by Crippen LogP contribution is 2.15. The van der Waals surface area contributed by atoms with Gasteiger partial charge in [0.05, 0.1) is 12.7 Å². The molecule has 26 heavy (non-hydrogen) atoms. The smallest absolute Gasteiger partial charge is 0.242 e. The molecule has 1 aliphatic heterocycles. The average molecular weight is 357 g/mol. The Labute approximate surface area is 154 Å². The van der Waals surface area contributed by atoms with Crippen LogP contribution < -0.4 is 5.32 Å². The molecule has 0 spiro atoms. The molecule has 3 rings (SSSR count). The highest BCUT2D eigenvalue weighted by atomic mass is 16.5. The van der Waals surface area contributed by atoms with Crippen LogP contribution in [0.5, 0.6) is 0 Å². The van der Waals surface area contributed by atoms with E-state index >= 15 is 0 Å². The van der Waals surface area contributed by atoms with Crippen LogP contribution in [0.3, 0.4) is 0 Å². The van der Waals surface area contributed by atoms with Gasteiger partial charge in [-0.25, -0.2) is 9.97 Å². The van der Waals surface area contributed by atoms with E-state index in [2.05, 4.69) is 21.4 Å². The predicted molar refractivity (Wildman–Crippen MR) is 100 cm³/mol. The van der Waals surface area contributed by atoms with Crippen LogP contribution in [0, 0.1) is 0 Å². The monoisotopic (exact) mass is 357 g/mol. The molecule has 1 saturated heterocycles. The fourth-order valence-electron chi connectivity index (χ4n) is 3.26. The van der Waals surface area contributed by atoms with Crippen molar-refractivity contribution in [3.05, 3.63) is 42.1 Å². The molecule has 1 atom stereocenters. The highest BCUT2D eigenvalue weighted by molar-refractivity contribution is 5.76. The molecule has 0 saturated carbocycles. The molecule has 7 heteroatoms. The summed E-state index contributed by atoms with van der Waals surface area (Å²) >= 11 is 0. The van der Waals surface area contributed by atoms with Crippen molar-refractivity contribution < 1.29 is 9.53 Å². The molecule has 1 fully saturated rings. The van der Waals surface area contributed by atoms with E-state index in [1.54, 1.807) is 6.20 Å². The Balaban J connectivity index is 1.52. The lowest BCUT2D eigenvalue weighted by atomic mass is 10.1. The number of hydrogen-bond acceptors (Lipinski definition) is 5. The lowest BCUT2D eigenvalue weighted by Gasteiger charge is -2.33. The van der Waals surface area contributed by atoms with E-state index in [0.29, 0.717) is 26.2 Å². The van der Waals surface area contributed by atoms with E-state index in [1.165, 1.54) is 5.56 Å². The van der Waals surface area contributed by atoms with Crippen molar-refractivity contribution in [1.29, 1.82) is 0 Å². The molecule has 1 aliphatic rings. The summed E-state index contributed by atoms with van der Waals surface area (Å²) in [6.45, 7) is 4.31. The first-order valence-corrected chi connectivity index (χ1v) is 9.21. The molecule has 1 N–H and O–H groups in total. The van der Waals surface area contributed by atoms with Gasteiger partial charge in [-0.2, -0.15) is 0 Å². The van der Waals surface area contributed by atoms with Crippen LogP contribution in [0.1, 0.15) is 24.7 Å². The molecule has 7 nitrogen and oxygen atoms in total. The molecule has 2 aromatic heterocycles. The molecule has 0 aliphatic carbocycles. The Morgan fingerprint density at radius 2 is 2.27 bits per heavy atom. The number of carbonyl (C=O) groups is 1. The zero-order valence-electron chi connectivity index (χ0n) is 15.5. The number of carbonyl (C=O) groups excluding carboxylic acids is 1. The van der Waals surface area contributed by atoms with Crippen LogP contribution >= 0.6 is 0 Å². The average Bonchev–Trinajstić information content (AvgIpc) is 3.14. The summed E-state index contributed by atoms with van der Waals surface area (Å²) in [4.78, 5) is 23.1. The fourth-order valence-corrected chi connectivity index (χ4v) is 3.26. The van der Waals surface area contributed by atoms with Crippen LogP contribution in [0.2, 0.25) is 0 Å². The maximum absolute atomic E-state index is 12.6. The summed E-state index contributed by atoms with van der Waals surface area (Å²) in [6, 6.07) is 4.08. The predicted octanol–water partition coefficient (Wildman–Crippen LogP) is 1.74. The first-order chi connectivity index (χ1) is 12.7. The number of aromatic nitrogens is 3. The van der Waals surface area contributed by atoms with Gasteiger partial charge >= 0.3 is 0 Å². The summed E-state index contributed by atoms with van der Waals surface area (Å²) in [6.07, 6.45) is 8.14. The summed E-state index contributed by atoms with van der Waals surface area (Å²) in [5.74, 6) is 1.95. The van der Waals surface area contributed by atoms with E-state index in [1.807, 2.05) is 41.9 Å². The summed E-state index contributed by atoms with van der Waals surface area (Å²) in [5, 5.41) is 3.05. The molecule has 0 radical (unpaired) electrons. The minimum atomic E-state index is 0.0762. The van der Waals surface area contributed by atoms with Gasteiger partial charge in [-0.3, -0.25) is 4.79 Å². The number of rotatable bonds is 7. The second kappa shape index (κ2) is 8.80. The van der Waals surface area contributed by atoms with Gasteiger partial charge < -0.3 is 19.5 Å². The molecular weight excluding hydrogens is 330 g/mol. The standard InChI is InChI=1S/C19H27N5O2/c1-3-18-22-8-9-23(18)14-19(25)24-10-11-26-16(13-24)5-4-15-6-7-21-17(12-15)20-2/h6-9,12,16H,3-5,10-11,13-14H2,1-2H3,(H,20,21)/t16-/m1/s1. The number of amides is 1. The fraction of sp³-hybridized carbons (Fsp3) is 0.526. The van der Waals surface area contributed by atoms with E-state index < -0.39 is 0 Å². The summed E-state index contributed by atoms with van der Waals surface area (Å²) in [5.41, 5.74) is 1.22. The molecule has 0 unspecified atom stereocenters. The number of hydrogen-bond donors (Lipinski definition) is 1. The third-order valence-electron chi connectivity index (χ3n) is 4.75. The van der Waals surface area contributed by atoms with Crippen molar-refractivity contribution in [2.24, 2.45) is 0 Å². The quantitative estimate of drug-likeness (QED) is 0.817. The van der Waals surface area contributed by atoms with Crippen molar-refractivity contribution in [3.8, 4) is 0 Å². The number of ether oxygens (including phenoxy) is 1. The minimum Gasteiger partial charge on any atom is -0.375 e. The Bertz CT molecular complexity index is 730. The molecule has 3 heterocycles. The van der Waals surface area contributed by atoms with Gasteiger partial charge in [-0.05, 0) is 30.5 Å². The lowest BCUT2D eigenvalue weighted by molar-refractivity contribution is -0.139. The molecule has 0 aromatic carbocycles. The van der Waals surface area contributed by atoms with Gasteiger partial charge in [0.15, 0.2) is 0 Å². The SMILES string of the molecule is CCc1nccn1CC(=O)N1CCO[C@H](CCc2ccnc(NC)c2)C1. The van der Waals surface area contributed by atoms with Crippen molar-refractivity contribution in [1.82, 2.24) is 19.4 Å². The first-order valence-electron chi connectivity index (χ1n) is 9.21. The Kier molecular flexibility index (Phi) is 6.22. The van der Waals surface area contributed by atoms with E-state index in [-0.39, 0.29) is 12.0 Å². The van der Waals surface area contributed by atoms with Crippen LogP contribution in [-0.4, -0.2) is 58.2 Å². The third-order valence-corrected chi connectivity index (χ3v) is 4.75. The molecule has 0 bridgehead atoms. The number of nitrogens with one attached hydrogen (secondary N) is 1. The molecule has 140 valence electrons. The number of morpholine rings is 1. The number of anilines is 1. The Morgan fingerprint density at radius 3 is 3.08 bits per heavy atom. The summed E-state index contributed by atoms with van der Waals surface area (Å²) in [7, 11) is 1.87. The molecule has 2 aromatic rings. The van der Waals surface area contributed by atoms with Crippen molar-refractivity contribution in [2.75, 3.05) is 32.1 Å². The van der Waals surface area contributed by atoms with Crippen LogP contribution in [-0.2, 0) is 28.9 Å². The zero-order chi connectivity index (χ0) is 18.4. The van der Waals surface area contributed by atoms with Crippen molar-refractivity contribution in [2.45, 2.75) is 38.8 Å². The van der Waals surface area contributed by atoms with E-state index in [4.69, 9.17) is 4.74 Å². The zero-order valence-corrected chi connectivity index (χ0v) is 15.5. The number of nitrogens with zero attached hydrogens (tertiary/aromatic N) is 4. The second-order valence-electron chi connectivity index (χ2n) is 6.50. The van der Waals surface area contributed by atoms with Crippen LogP contribution in [0.25, 0.3) is 0 Å². The lowest BCUT2D eigenvalue weighted by Crippen LogP contribution is -2.46. The first kappa shape index (κ1) is 18.4. The van der Waals surface area contributed by atoms with Gasteiger partial charge in [-0.15, -0.1) is 0 Å². The van der Waals surface area contributed by atoms with Gasteiger partial charge in [0, 0.05) is 45.1 Å². The topological polar surface area (TPSA) is 72.3 Å². The minimum absolute atomic E-state index is 0.0762. The summed E-state index contributed by atoms with van der Waals surface area (Å²) < 4.78 is 7.81. The van der Waals surface area contributed by atoms with Gasteiger partial charge in [-0.1, -0.05) is 6.92 Å². The van der Waals surface area contributed by atoms with Crippen molar-refractivity contribution >= 4 is 11.7 Å². The van der Waals surface area contributed by atoms with Crippen LogP contribution in [0.15, 0.2) is 30.7 Å². The van der Waals surface area contributed by atoms with Crippen molar-refractivity contribution in [3.63, 3.8) is 0 Å². The van der Waals surface area contributed by atoms with Gasteiger partial charge in [0.1, 0.15) is 18.2 Å². The molecular formula is C19H27N5O2. The largest absolute Gasteiger partial charge is 0.375 e. The number of pyridine rings is 1. The number of imidazole rings is 1. The second-order valence-corrected chi connectivity index (χ2v) is 6.50. The van der Waals surface area contributed by atoms with Gasteiger partial charge in [0.25, 0.3) is 0 Å². The molecule has 1 amide bonds. The van der Waals surface area contributed by atoms with Crippen LogP contribution in [0.4, 0.5) is 5.82 Å². The normalized spacial score (nSPS) is 17.3. The van der Waals surface area contributed by atoms with E-state index in [0.717, 1.165) is 30.9 Å². The van der Waals surface area contributed by atoms with Gasteiger partial charge in [0.2, 0.25) is 5.91 Å². The Morgan fingerprint density at radius 1 is 1.38 bits per heavy atom. The maximum atomic E-state index is 12.6.